The number of rotatable bonds is 3. The largest absolute Gasteiger partial charge is 0.342 e. The van der Waals surface area contributed by atoms with Crippen molar-refractivity contribution < 1.29 is 9.59 Å². The smallest absolute Gasteiger partial charge is 0.246 e. The SMILES string of the molecule is CC(C)C1NC(=O)C(C)N(CC2CCCC2C)C1=O. The molecule has 1 N–H and O–H groups in total. The van der Waals surface area contributed by atoms with Crippen LogP contribution in [0.15, 0.2) is 0 Å². The topological polar surface area (TPSA) is 49.4 Å². The van der Waals surface area contributed by atoms with Crippen LogP contribution in [0.2, 0.25) is 0 Å². The van der Waals surface area contributed by atoms with Gasteiger partial charge in [0, 0.05) is 6.54 Å². The quantitative estimate of drug-likeness (QED) is 0.846. The molecule has 0 aromatic heterocycles. The molecule has 1 aliphatic carbocycles. The number of carbonyl (C=O) groups is 2. The van der Waals surface area contributed by atoms with Crippen molar-refractivity contribution >= 4 is 11.8 Å². The van der Waals surface area contributed by atoms with E-state index in [2.05, 4.69) is 12.2 Å². The zero-order valence-corrected chi connectivity index (χ0v) is 12.5. The average Bonchev–Trinajstić information content (AvgIpc) is 2.74. The first-order valence-electron chi connectivity index (χ1n) is 7.52. The summed E-state index contributed by atoms with van der Waals surface area (Å²) in [7, 11) is 0. The van der Waals surface area contributed by atoms with Crippen LogP contribution in [0.25, 0.3) is 0 Å². The van der Waals surface area contributed by atoms with E-state index in [-0.39, 0.29) is 29.8 Å². The fourth-order valence-electron chi connectivity index (χ4n) is 3.29. The van der Waals surface area contributed by atoms with Crippen LogP contribution >= 0.6 is 0 Å². The van der Waals surface area contributed by atoms with Crippen molar-refractivity contribution in [2.45, 2.75) is 59.0 Å². The number of hydrogen-bond acceptors (Lipinski definition) is 2. The first-order valence-corrected chi connectivity index (χ1v) is 7.52. The summed E-state index contributed by atoms with van der Waals surface area (Å²) in [4.78, 5) is 26.4. The number of nitrogens with one attached hydrogen (secondary N) is 1. The van der Waals surface area contributed by atoms with Crippen LogP contribution in [0, 0.1) is 17.8 Å². The van der Waals surface area contributed by atoms with Gasteiger partial charge in [0.2, 0.25) is 11.8 Å². The van der Waals surface area contributed by atoms with E-state index >= 15 is 0 Å². The van der Waals surface area contributed by atoms with E-state index in [1.165, 1.54) is 19.3 Å². The molecule has 2 fully saturated rings. The number of piperazine rings is 1. The van der Waals surface area contributed by atoms with Crippen LogP contribution in [0.3, 0.4) is 0 Å². The molecule has 19 heavy (non-hydrogen) atoms. The summed E-state index contributed by atoms with van der Waals surface area (Å²) in [5, 5.41) is 2.85. The standard InChI is InChI=1S/C15H26N2O2/c1-9(2)13-15(19)17(11(4)14(18)16-13)8-12-7-5-6-10(12)3/h9-13H,5-8H2,1-4H3,(H,16,18). The maximum absolute atomic E-state index is 12.5. The Morgan fingerprint density at radius 2 is 1.95 bits per heavy atom. The molecule has 2 amide bonds. The molecule has 4 unspecified atom stereocenters. The van der Waals surface area contributed by atoms with Gasteiger partial charge in [0.15, 0.2) is 0 Å². The summed E-state index contributed by atoms with van der Waals surface area (Å²) in [5.74, 6) is 1.46. The highest BCUT2D eigenvalue weighted by atomic mass is 16.2. The molecule has 0 aromatic carbocycles. The van der Waals surface area contributed by atoms with Gasteiger partial charge in [-0.2, -0.15) is 0 Å². The summed E-state index contributed by atoms with van der Waals surface area (Å²) in [6.07, 6.45) is 3.69. The van der Waals surface area contributed by atoms with Crippen molar-refractivity contribution in [1.29, 1.82) is 0 Å². The molecular weight excluding hydrogens is 240 g/mol. The summed E-state index contributed by atoms with van der Waals surface area (Å²) >= 11 is 0. The van der Waals surface area contributed by atoms with Crippen LogP contribution in [-0.4, -0.2) is 35.3 Å². The van der Waals surface area contributed by atoms with Crippen molar-refractivity contribution in [2.75, 3.05) is 6.54 Å². The van der Waals surface area contributed by atoms with E-state index in [4.69, 9.17) is 0 Å². The zero-order chi connectivity index (χ0) is 14.2. The summed E-state index contributed by atoms with van der Waals surface area (Å²) in [5.41, 5.74) is 0. The van der Waals surface area contributed by atoms with Crippen molar-refractivity contribution in [1.82, 2.24) is 10.2 Å². The molecular formula is C15H26N2O2. The molecule has 1 heterocycles. The first-order chi connectivity index (χ1) is 8.91. The van der Waals surface area contributed by atoms with Gasteiger partial charge < -0.3 is 10.2 Å². The zero-order valence-electron chi connectivity index (χ0n) is 12.5. The molecule has 0 bridgehead atoms. The average molecular weight is 266 g/mol. The highest BCUT2D eigenvalue weighted by molar-refractivity contribution is 5.96. The Labute approximate surface area is 115 Å². The molecule has 1 aliphatic heterocycles. The van der Waals surface area contributed by atoms with E-state index in [9.17, 15) is 9.59 Å². The van der Waals surface area contributed by atoms with Gasteiger partial charge in [0.1, 0.15) is 12.1 Å². The molecule has 4 atom stereocenters. The minimum Gasteiger partial charge on any atom is -0.342 e. The van der Waals surface area contributed by atoms with Crippen molar-refractivity contribution in [3.05, 3.63) is 0 Å². The molecule has 1 saturated heterocycles. The highest BCUT2D eigenvalue weighted by Gasteiger charge is 2.41. The van der Waals surface area contributed by atoms with Gasteiger partial charge in [0.25, 0.3) is 0 Å². The monoisotopic (exact) mass is 266 g/mol. The lowest BCUT2D eigenvalue weighted by Gasteiger charge is -2.40. The lowest BCUT2D eigenvalue weighted by atomic mass is 9.93. The van der Waals surface area contributed by atoms with Gasteiger partial charge in [0.05, 0.1) is 0 Å². The fraction of sp³-hybridized carbons (Fsp3) is 0.867. The normalized spacial score (nSPS) is 35.9. The summed E-state index contributed by atoms with van der Waals surface area (Å²) < 4.78 is 0. The van der Waals surface area contributed by atoms with Gasteiger partial charge in [-0.3, -0.25) is 9.59 Å². The molecule has 1 saturated carbocycles. The third-order valence-electron chi connectivity index (χ3n) is 4.83. The molecule has 4 nitrogen and oxygen atoms in total. The van der Waals surface area contributed by atoms with Crippen molar-refractivity contribution in [3.63, 3.8) is 0 Å². The van der Waals surface area contributed by atoms with Gasteiger partial charge >= 0.3 is 0 Å². The number of carbonyl (C=O) groups excluding carboxylic acids is 2. The van der Waals surface area contributed by atoms with Crippen LogP contribution in [0.5, 0.6) is 0 Å². The highest BCUT2D eigenvalue weighted by Crippen LogP contribution is 2.32. The van der Waals surface area contributed by atoms with E-state index in [1.807, 2.05) is 25.7 Å². The molecule has 0 aromatic rings. The Morgan fingerprint density at radius 1 is 1.26 bits per heavy atom. The Balaban J connectivity index is 2.11. The third kappa shape index (κ3) is 2.77. The Kier molecular flexibility index (Phi) is 4.16. The number of hydrogen-bond donors (Lipinski definition) is 1. The molecule has 0 spiro atoms. The molecule has 0 radical (unpaired) electrons. The van der Waals surface area contributed by atoms with E-state index < -0.39 is 0 Å². The molecule has 108 valence electrons. The Morgan fingerprint density at radius 3 is 2.47 bits per heavy atom. The predicted molar refractivity (Wildman–Crippen MR) is 74.4 cm³/mol. The van der Waals surface area contributed by atoms with Crippen LogP contribution < -0.4 is 5.32 Å². The minimum atomic E-state index is -0.347. The second-order valence-corrected chi connectivity index (χ2v) is 6.57. The van der Waals surface area contributed by atoms with E-state index in [1.54, 1.807) is 0 Å². The lowest BCUT2D eigenvalue weighted by Crippen LogP contribution is -2.64. The Bertz CT molecular complexity index is 367. The second-order valence-electron chi connectivity index (χ2n) is 6.57. The van der Waals surface area contributed by atoms with Gasteiger partial charge in [-0.25, -0.2) is 0 Å². The van der Waals surface area contributed by atoms with Gasteiger partial charge in [-0.1, -0.05) is 33.6 Å². The van der Waals surface area contributed by atoms with Crippen LogP contribution in [-0.2, 0) is 9.59 Å². The lowest BCUT2D eigenvalue weighted by molar-refractivity contribution is -0.150. The third-order valence-corrected chi connectivity index (χ3v) is 4.83. The van der Waals surface area contributed by atoms with Crippen LogP contribution in [0.1, 0.15) is 47.0 Å². The maximum atomic E-state index is 12.5. The predicted octanol–water partition coefficient (Wildman–Crippen LogP) is 1.79. The van der Waals surface area contributed by atoms with Crippen molar-refractivity contribution in [2.24, 2.45) is 17.8 Å². The molecule has 2 rings (SSSR count). The van der Waals surface area contributed by atoms with Gasteiger partial charge in [-0.05, 0) is 31.1 Å². The fourth-order valence-corrected chi connectivity index (χ4v) is 3.29. The number of nitrogens with zero attached hydrogens (tertiary/aromatic N) is 1. The van der Waals surface area contributed by atoms with Crippen molar-refractivity contribution in [3.8, 4) is 0 Å². The van der Waals surface area contributed by atoms with E-state index in [0.717, 1.165) is 6.54 Å². The van der Waals surface area contributed by atoms with Gasteiger partial charge in [-0.15, -0.1) is 0 Å². The number of amides is 2. The van der Waals surface area contributed by atoms with E-state index in [0.29, 0.717) is 11.8 Å². The Hall–Kier alpha value is -1.06. The first kappa shape index (κ1) is 14.4. The summed E-state index contributed by atoms with van der Waals surface area (Å²) in [6, 6.07) is -0.671. The van der Waals surface area contributed by atoms with Crippen LogP contribution in [0.4, 0.5) is 0 Å². The molecule has 4 heteroatoms. The molecule has 2 aliphatic rings. The second kappa shape index (κ2) is 5.51. The minimum absolute atomic E-state index is 0.0102. The maximum Gasteiger partial charge on any atom is 0.246 e. The summed E-state index contributed by atoms with van der Waals surface area (Å²) in [6.45, 7) is 8.81.